The standard InChI is InChI=1S/C9H16N2S/c1-9(2,3)11-6-7-4-5-8(10)12-7/h4-5,11H,6,10H2,1-3H3. The van der Waals surface area contributed by atoms with Gasteiger partial charge in [0.05, 0.1) is 5.00 Å². The average Bonchev–Trinajstić information content (AvgIpc) is 2.30. The highest BCUT2D eigenvalue weighted by Crippen LogP contribution is 2.18. The molecule has 2 nitrogen and oxygen atoms in total. The monoisotopic (exact) mass is 184 g/mol. The summed E-state index contributed by atoms with van der Waals surface area (Å²) in [6, 6.07) is 4.02. The molecular formula is C9H16N2S. The van der Waals surface area contributed by atoms with Crippen molar-refractivity contribution in [2.24, 2.45) is 0 Å². The van der Waals surface area contributed by atoms with Gasteiger partial charge in [0.15, 0.2) is 0 Å². The van der Waals surface area contributed by atoms with Crippen molar-refractivity contribution in [1.29, 1.82) is 0 Å². The highest BCUT2D eigenvalue weighted by Gasteiger charge is 2.08. The van der Waals surface area contributed by atoms with Crippen molar-refractivity contribution in [1.82, 2.24) is 5.32 Å². The molecule has 0 unspecified atom stereocenters. The van der Waals surface area contributed by atoms with Gasteiger partial charge in [0.1, 0.15) is 0 Å². The Balaban J connectivity index is 2.44. The minimum Gasteiger partial charge on any atom is -0.391 e. The van der Waals surface area contributed by atoms with Crippen LogP contribution < -0.4 is 11.1 Å². The van der Waals surface area contributed by atoms with E-state index in [0.29, 0.717) is 0 Å². The van der Waals surface area contributed by atoms with Gasteiger partial charge in [-0.3, -0.25) is 0 Å². The summed E-state index contributed by atoms with van der Waals surface area (Å²) in [7, 11) is 0. The number of nitrogen functional groups attached to an aromatic ring is 1. The number of anilines is 1. The minimum absolute atomic E-state index is 0.179. The van der Waals surface area contributed by atoms with Gasteiger partial charge in [-0.2, -0.15) is 0 Å². The second-order valence-electron chi connectivity index (χ2n) is 3.91. The predicted octanol–water partition coefficient (Wildman–Crippen LogP) is 2.22. The van der Waals surface area contributed by atoms with Crippen LogP contribution in [0.1, 0.15) is 25.6 Å². The molecule has 12 heavy (non-hydrogen) atoms. The first-order valence-electron chi connectivity index (χ1n) is 4.06. The third-order valence-electron chi connectivity index (χ3n) is 1.48. The summed E-state index contributed by atoms with van der Waals surface area (Å²) in [5, 5.41) is 4.30. The fourth-order valence-electron chi connectivity index (χ4n) is 0.842. The summed E-state index contributed by atoms with van der Waals surface area (Å²) in [5.74, 6) is 0. The maximum absolute atomic E-state index is 5.61. The predicted molar refractivity (Wildman–Crippen MR) is 55.3 cm³/mol. The van der Waals surface area contributed by atoms with Gasteiger partial charge in [-0.15, -0.1) is 11.3 Å². The van der Waals surface area contributed by atoms with Crippen molar-refractivity contribution < 1.29 is 0 Å². The lowest BCUT2D eigenvalue weighted by molar-refractivity contribution is 0.426. The van der Waals surface area contributed by atoms with Crippen LogP contribution in [0.25, 0.3) is 0 Å². The largest absolute Gasteiger partial charge is 0.391 e. The lowest BCUT2D eigenvalue weighted by atomic mass is 10.1. The summed E-state index contributed by atoms with van der Waals surface area (Å²) >= 11 is 1.64. The summed E-state index contributed by atoms with van der Waals surface area (Å²) in [4.78, 5) is 1.29. The summed E-state index contributed by atoms with van der Waals surface area (Å²) in [6.07, 6.45) is 0. The Morgan fingerprint density at radius 3 is 2.50 bits per heavy atom. The van der Waals surface area contributed by atoms with Crippen LogP contribution in [0.3, 0.4) is 0 Å². The first kappa shape index (κ1) is 9.55. The van der Waals surface area contributed by atoms with Gasteiger partial charge in [-0.1, -0.05) is 0 Å². The highest BCUT2D eigenvalue weighted by molar-refractivity contribution is 7.15. The van der Waals surface area contributed by atoms with Crippen molar-refractivity contribution in [2.75, 3.05) is 5.73 Å². The van der Waals surface area contributed by atoms with E-state index < -0.39 is 0 Å². The number of rotatable bonds is 2. The Morgan fingerprint density at radius 2 is 2.08 bits per heavy atom. The molecule has 0 aliphatic carbocycles. The third kappa shape index (κ3) is 3.24. The van der Waals surface area contributed by atoms with Crippen LogP contribution in [0.5, 0.6) is 0 Å². The van der Waals surface area contributed by atoms with E-state index in [1.807, 2.05) is 6.07 Å². The average molecular weight is 184 g/mol. The molecule has 1 heterocycles. The van der Waals surface area contributed by atoms with Crippen LogP contribution in [-0.2, 0) is 6.54 Å². The van der Waals surface area contributed by atoms with Gasteiger partial charge in [0.25, 0.3) is 0 Å². The summed E-state index contributed by atoms with van der Waals surface area (Å²) < 4.78 is 0. The molecule has 1 rings (SSSR count). The van der Waals surface area contributed by atoms with Gasteiger partial charge < -0.3 is 11.1 Å². The molecule has 1 aromatic rings. The third-order valence-corrected chi connectivity index (χ3v) is 2.39. The molecule has 3 N–H and O–H groups in total. The minimum atomic E-state index is 0.179. The quantitative estimate of drug-likeness (QED) is 0.739. The topological polar surface area (TPSA) is 38.0 Å². The van der Waals surface area contributed by atoms with Crippen LogP contribution in [0.2, 0.25) is 0 Å². The molecule has 0 spiro atoms. The number of hydrogen-bond donors (Lipinski definition) is 2. The van der Waals surface area contributed by atoms with Crippen molar-refractivity contribution >= 4 is 16.3 Å². The maximum atomic E-state index is 5.61. The first-order chi connectivity index (χ1) is 5.47. The van der Waals surface area contributed by atoms with Crippen molar-refractivity contribution in [3.8, 4) is 0 Å². The van der Waals surface area contributed by atoms with E-state index in [-0.39, 0.29) is 5.54 Å². The molecule has 1 aromatic heterocycles. The van der Waals surface area contributed by atoms with E-state index >= 15 is 0 Å². The van der Waals surface area contributed by atoms with Crippen LogP contribution in [0, 0.1) is 0 Å². The van der Waals surface area contributed by atoms with Crippen molar-refractivity contribution in [3.05, 3.63) is 17.0 Å². The molecule has 0 saturated heterocycles. The first-order valence-corrected chi connectivity index (χ1v) is 4.88. The van der Waals surface area contributed by atoms with E-state index in [0.717, 1.165) is 11.5 Å². The number of thiophene rings is 1. The molecule has 0 aliphatic heterocycles. The van der Waals surface area contributed by atoms with Gasteiger partial charge >= 0.3 is 0 Å². The molecule has 0 bridgehead atoms. The van der Waals surface area contributed by atoms with Crippen molar-refractivity contribution in [2.45, 2.75) is 32.9 Å². The van der Waals surface area contributed by atoms with Crippen LogP contribution >= 0.6 is 11.3 Å². The molecule has 3 heteroatoms. The summed E-state index contributed by atoms with van der Waals surface area (Å²) in [6.45, 7) is 7.38. The molecule has 0 amide bonds. The van der Waals surface area contributed by atoms with E-state index in [1.165, 1.54) is 4.88 Å². The SMILES string of the molecule is CC(C)(C)NCc1ccc(N)s1. The maximum Gasteiger partial charge on any atom is 0.0859 e. The Hall–Kier alpha value is -0.540. The molecule has 0 aliphatic rings. The fraction of sp³-hybridized carbons (Fsp3) is 0.556. The van der Waals surface area contributed by atoms with E-state index in [1.54, 1.807) is 11.3 Å². The van der Waals surface area contributed by atoms with Gasteiger partial charge in [0, 0.05) is 17.0 Å². The van der Waals surface area contributed by atoms with Gasteiger partial charge in [-0.05, 0) is 32.9 Å². The molecule has 0 aromatic carbocycles. The Labute approximate surface area is 77.8 Å². The zero-order chi connectivity index (χ0) is 9.19. The van der Waals surface area contributed by atoms with E-state index in [9.17, 15) is 0 Å². The van der Waals surface area contributed by atoms with Gasteiger partial charge in [-0.25, -0.2) is 0 Å². The Kier molecular flexibility index (Phi) is 2.75. The second kappa shape index (κ2) is 3.46. The van der Waals surface area contributed by atoms with Gasteiger partial charge in [0.2, 0.25) is 0 Å². The zero-order valence-corrected chi connectivity index (χ0v) is 8.66. The lowest BCUT2D eigenvalue weighted by Gasteiger charge is -2.19. The molecule has 0 atom stereocenters. The second-order valence-corrected chi connectivity index (χ2v) is 5.11. The Bertz CT molecular complexity index is 247. The molecular weight excluding hydrogens is 168 g/mol. The smallest absolute Gasteiger partial charge is 0.0859 e. The van der Waals surface area contributed by atoms with E-state index in [2.05, 4.69) is 32.2 Å². The highest BCUT2D eigenvalue weighted by atomic mass is 32.1. The zero-order valence-electron chi connectivity index (χ0n) is 7.85. The molecule has 0 fully saturated rings. The number of nitrogens with two attached hydrogens (primary N) is 1. The number of hydrogen-bond acceptors (Lipinski definition) is 3. The lowest BCUT2D eigenvalue weighted by Crippen LogP contribution is -2.34. The molecule has 0 saturated carbocycles. The van der Waals surface area contributed by atoms with Crippen LogP contribution in [0.4, 0.5) is 5.00 Å². The normalized spacial score (nSPS) is 11.9. The Morgan fingerprint density at radius 1 is 1.42 bits per heavy atom. The van der Waals surface area contributed by atoms with E-state index in [4.69, 9.17) is 5.73 Å². The molecule has 68 valence electrons. The molecule has 0 radical (unpaired) electrons. The van der Waals surface area contributed by atoms with Crippen LogP contribution in [0.15, 0.2) is 12.1 Å². The van der Waals surface area contributed by atoms with Crippen LogP contribution in [-0.4, -0.2) is 5.54 Å². The number of nitrogens with one attached hydrogen (secondary N) is 1. The summed E-state index contributed by atoms with van der Waals surface area (Å²) in [5.41, 5.74) is 5.79. The fourth-order valence-corrected chi connectivity index (χ4v) is 1.56. The van der Waals surface area contributed by atoms with Crippen molar-refractivity contribution in [3.63, 3.8) is 0 Å².